The van der Waals surface area contributed by atoms with Gasteiger partial charge in [0, 0.05) is 21.7 Å². The first kappa shape index (κ1) is 12.0. The Kier molecular flexibility index (Phi) is 3.73. The molecule has 0 radical (unpaired) electrons. The zero-order chi connectivity index (χ0) is 12.3. The van der Waals surface area contributed by atoms with Gasteiger partial charge >= 0.3 is 0 Å². The van der Waals surface area contributed by atoms with E-state index in [-0.39, 0.29) is 5.91 Å². The van der Waals surface area contributed by atoms with Crippen LogP contribution in [0.15, 0.2) is 42.7 Å². The first-order valence-corrected chi connectivity index (χ1v) is 6.22. The fraction of sp³-hybridized carbons (Fsp3) is 0.0769. The van der Waals surface area contributed by atoms with Gasteiger partial charge in [-0.3, -0.25) is 9.78 Å². The molecule has 3 nitrogen and oxygen atoms in total. The molecule has 1 N–H and O–H groups in total. The Balaban J connectivity index is 2.16. The molecule has 0 saturated heterocycles. The first-order chi connectivity index (χ1) is 8.16. The van der Waals surface area contributed by atoms with Crippen molar-refractivity contribution in [1.82, 2.24) is 4.98 Å². The fourth-order valence-electron chi connectivity index (χ4n) is 1.37. The van der Waals surface area contributed by atoms with Crippen molar-refractivity contribution in [2.75, 3.05) is 5.32 Å². The Morgan fingerprint density at radius 2 is 2.18 bits per heavy atom. The van der Waals surface area contributed by atoms with Crippen molar-refractivity contribution in [3.05, 3.63) is 57.4 Å². The van der Waals surface area contributed by atoms with Gasteiger partial charge in [-0.05, 0) is 59.3 Å². The summed E-state index contributed by atoms with van der Waals surface area (Å²) in [5.41, 5.74) is 2.56. The fourth-order valence-corrected chi connectivity index (χ4v) is 1.89. The van der Waals surface area contributed by atoms with E-state index in [0.29, 0.717) is 5.56 Å². The van der Waals surface area contributed by atoms with Gasteiger partial charge < -0.3 is 5.32 Å². The minimum Gasteiger partial charge on any atom is -0.322 e. The lowest BCUT2D eigenvalue weighted by Crippen LogP contribution is -2.12. The van der Waals surface area contributed by atoms with Crippen LogP contribution in [-0.2, 0) is 0 Å². The van der Waals surface area contributed by atoms with E-state index in [1.165, 1.54) is 5.56 Å². The van der Waals surface area contributed by atoms with Crippen LogP contribution in [0.5, 0.6) is 0 Å². The molecule has 0 unspecified atom stereocenters. The number of carbonyl (C=O) groups excluding carboxylic acids is 1. The summed E-state index contributed by atoms with van der Waals surface area (Å²) in [7, 11) is 0. The van der Waals surface area contributed by atoms with E-state index in [4.69, 9.17) is 0 Å². The topological polar surface area (TPSA) is 42.0 Å². The lowest BCUT2D eigenvalue weighted by atomic mass is 10.2. The summed E-state index contributed by atoms with van der Waals surface area (Å²) in [6.45, 7) is 2.04. The molecule has 2 aromatic rings. The summed E-state index contributed by atoms with van der Waals surface area (Å²) < 4.78 is 1.13. The van der Waals surface area contributed by atoms with Crippen molar-refractivity contribution in [3.63, 3.8) is 0 Å². The first-order valence-electron chi connectivity index (χ1n) is 5.14. The van der Waals surface area contributed by atoms with Crippen LogP contribution in [0.3, 0.4) is 0 Å². The molecule has 1 aromatic carbocycles. The number of nitrogens with one attached hydrogen (secondary N) is 1. The standard InChI is InChI=1S/C13H11IN2O/c1-9-4-5-11(7-12(9)14)16-13(17)10-3-2-6-15-8-10/h2-8H,1H3,(H,16,17). The highest BCUT2D eigenvalue weighted by molar-refractivity contribution is 14.1. The third-order valence-corrected chi connectivity index (χ3v) is 3.52. The summed E-state index contributed by atoms with van der Waals surface area (Å²) in [5.74, 6) is -0.141. The van der Waals surface area contributed by atoms with Gasteiger partial charge in [-0.15, -0.1) is 0 Å². The van der Waals surface area contributed by atoms with E-state index < -0.39 is 0 Å². The molecule has 0 saturated carbocycles. The number of halogens is 1. The zero-order valence-corrected chi connectivity index (χ0v) is 11.4. The van der Waals surface area contributed by atoms with E-state index in [9.17, 15) is 4.79 Å². The molecule has 1 aromatic heterocycles. The minimum absolute atomic E-state index is 0.141. The average molecular weight is 338 g/mol. The Morgan fingerprint density at radius 3 is 2.82 bits per heavy atom. The van der Waals surface area contributed by atoms with Crippen LogP contribution in [-0.4, -0.2) is 10.9 Å². The second kappa shape index (κ2) is 5.27. The second-order valence-corrected chi connectivity index (χ2v) is 4.82. The number of nitrogens with zero attached hydrogens (tertiary/aromatic N) is 1. The van der Waals surface area contributed by atoms with Crippen LogP contribution < -0.4 is 5.32 Å². The number of rotatable bonds is 2. The second-order valence-electron chi connectivity index (χ2n) is 3.66. The van der Waals surface area contributed by atoms with Gasteiger partial charge in [-0.2, -0.15) is 0 Å². The van der Waals surface area contributed by atoms with Crippen LogP contribution >= 0.6 is 22.6 Å². The highest BCUT2D eigenvalue weighted by atomic mass is 127. The van der Waals surface area contributed by atoms with Gasteiger partial charge in [0.15, 0.2) is 0 Å². The number of aromatic nitrogens is 1. The monoisotopic (exact) mass is 338 g/mol. The zero-order valence-electron chi connectivity index (χ0n) is 9.27. The third-order valence-electron chi connectivity index (χ3n) is 2.35. The maximum Gasteiger partial charge on any atom is 0.257 e. The number of carbonyl (C=O) groups is 1. The molecule has 0 fully saturated rings. The molecule has 4 heteroatoms. The molecule has 0 aliphatic heterocycles. The Labute approximate surface area is 113 Å². The summed E-state index contributed by atoms with van der Waals surface area (Å²) >= 11 is 2.25. The van der Waals surface area contributed by atoms with Crippen molar-refractivity contribution in [2.24, 2.45) is 0 Å². The smallest absolute Gasteiger partial charge is 0.257 e. The molecule has 0 aliphatic rings. The third kappa shape index (κ3) is 3.03. The van der Waals surface area contributed by atoms with Crippen molar-refractivity contribution in [1.29, 1.82) is 0 Å². The van der Waals surface area contributed by atoms with E-state index in [1.54, 1.807) is 24.5 Å². The van der Waals surface area contributed by atoms with Crippen molar-refractivity contribution < 1.29 is 4.79 Å². The van der Waals surface area contributed by atoms with Gasteiger partial charge in [0.2, 0.25) is 0 Å². The molecule has 0 atom stereocenters. The van der Waals surface area contributed by atoms with E-state index >= 15 is 0 Å². The molecule has 0 bridgehead atoms. The molecule has 0 aliphatic carbocycles. The molecule has 0 spiro atoms. The molecular formula is C13H11IN2O. The number of aryl methyl sites for hydroxylation is 1. The predicted octanol–water partition coefficient (Wildman–Crippen LogP) is 3.25. The van der Waals surface area contributed by atoms with Gasteiger partial charge in [0.25, 0.3) is 5.91 Å². The quantitative estimate of drug-likeness (QED) is 0.854. The summed E-state index contributed by atoms with van der Waals surface area (Å²) in [6, 6.07) is 9.31. The number of hydrogen-bond donors (Lipinski definition) is 1. The van der Waals surface area contributed by atoms with Crippen molar-refractivity contribution in [2.45, 2.75) is 6.92 Å². The minimum atomic E-state index is -0.141. The summed E-state index contributed by atoms with van der Waals surface area (Å²) in [4.78, 5) is 15.8. The van der Waals surface area contributed by atoms with Crippen molar-refractivity contribution >= 4 is 34.2 Å². The lowest BCUT2D eigenvalue weighted by molar-refractivity contribution is 0.102. The van der Waals surface area contributed by atoms with Crippen LogP contribution in [0.25, 0.3) is 0 Å². The molecule has 17 heavy (non-hydrogen) atoms. The summed E-state index contributed by atoms with van der Waals surface area (Å²) in [5, 5.41) is 2.84. The molecule has 86 valence electrons. The summed E-state index contributed by atoms with van der Waals surface area (Å²) in [6.07, 6.45) is 3.19. The van der Waals surface area contributed by atoms with E-state index in [0.717, 1.165) is 9.26 Å². The SMILES string of the molecule is Cc1ccc(NC(=O)c2cccnc2)cc1I. The van der Waals surface area contributed by atoms with Gasteiger partial charge in [-0.25, -0.2) is 0 Å². The predicted molar refractivity (Wildman–Crippen MR) is 76.1 cm³/mol. The van der Waals surface area contributed by atoms with E-state index in [1.807, 2.05) is 25.1 Å². The van der Waals surface area contributed by atoms with Gasteiger partial charge in [-0.1, -0.05) is 6.07 Å². The highest BCUT2D eigenvalue weighted by Gasteiger charge is 2.06. The maximum atomic E-state index is 11.9. The number of hydrogen-bond acceptors (Lipinski definition) is 2. The van der Waals surface area contributed by atoms with Gasteiger partial charge in [0.1, 0.15) is 0 Å². The normalized spacial score (nSPS) is 10.0. The molecule has 2 rings (SSSR count). The number of amides is 1. The van der Waals surface area contributed by atoms with Crippen LogP contribution in [0.1, 0.15) is 15.9 Å². The average Bonchev–Trinajstić information content (AvgIpc) is 2.35. The molecule has 1 heterocycles. The van der Waals surface area contributed by atoms with Crippen LogP contribution in [0.2, 0.25) is 0 Å². The number of anilines is 1. The molecular weight excluding hydrogens is 327 g/mol. The Bertz CT molecular complexity index is 540. The highest BCUT2D eigenvalue weighted by Crippen LogP contribution is 2.17. The van der Waals surface area contributed by atoms with Crippen LogP contribution in [0.4, 0.5) is 5.69 Å². The molecule has 1 amide bonds. The Morgan fingerprint density at radius 1 is 1.35 bits per heavy atom. The number of pyridine rings is 1. The maximum absolute atomic E-state index is 11.9. The van der Waals surface area contributed by atoms with E-state index in [2.05, 4.69) is 32.9 Å². The lowest BCUT2D eigenvalue weighted by Gasteiger charge is -2.06. The van der Waals surface area contributed by atoms with Crippen molar-refractivity contribution in [3.8, 4) is 0 Å². The number of benzene rings is 1. The van der Waals surface area contributed by atoms with Crippen LogP contribution in [0, 0.1) is 10.5 Å². The largest absolute Gasteiger partial charge is 0.322 e. The Hall–Kier alpha value is -1.43. The van der Waals surface area contributed by atoms with Gasteiger partial charge in [0.05, 0.1) is 5.56 Å².